The van der Waals surface area contributed by atoms with E-state index in [1.165, 1.54) is 0 Å². The molecule has 0 heterocycles. The number of hydrogen-bond acceptors (Lipinski definition) is 3. The normalized spacial score (nSPS) is 11.7. The lowest BCUT2D eigenvalue weighted by atomic mass is 10.3. The molecule has 0 bridgehead atoms. The number of hydrogen-bond donors (Lipinski definition) is 1. The Hall–Kier alpha value is -1.01. The first-order chi connectivity index (χ1) is 7.97. The summed E-state index contributed by atoms with van der Waals surface area (Å²) < 4.78 is 49.6. The average molecular weight is 263 g/mol. The molecule has 3 nitrogen and oxygen atoms in total. The van der Waals surface area contributed by atoms with Crippen LogP contribution in [0.4, 0.5) is 8.78 Å². The molecular weight excluding hydrogens is 248 g/mol. The highest BCUT2D eigenvalue weighted by Crippen LogP contribution is 2.16. The van der Waals surface area contributed by atoms with Crippen molar-refractivity contribution < 1.29 is 17.2 Å². The van der Waals surface area contributed by atoms with E-state index in [0.29, 0.717) is 12.6 Å². The fourth-order valence-electron chi connectivity index (χ4n) is 1.33. The van der Waals surface area contributed by atoms with Gasteiger partial charge in [-0.25, -0.2) is 17.2 Å². The summed E-state index contributed by atoms with van der Waals surface area (Å²) in [6, 6.07) is 2.43. The van der Waals surface area contributed by atoms with E-state index in [1.54, 1.807) is 0 Å². The van der Waals surface area contributed by atoms with Crippen molar-refractivity contribution in [2.75, 3.05) is 18.8 Å². The van der Waals surface area contributed by atoms with Crippen molar-refractivity contribution >= 4 is 9.84 Å². The van der Waals surface area contributed by atoms with E-state index in [1.807, 2.05) is 6.92 Å². The van der Waals surface area contributed by atoms with Crippen molar-refractivity contribution in [3.63, 3.8) is 0 Å². The molecular formula is C11H15F2NO2S. The maximum atomic E-state index is 13.3. The first-order valence-electron chi connectivity index (χ1n) is 5.36. The molecule has 1 rings (SSSR count). The van der Waals surface area contributed by atoms with E-state index in [9.17, 15) is 17.2 Å². The summed E-state index contributed by atoms with van der Waals surface area (Å²) in [7, 11) is -3.77. The minimum absolute atomic E-state index is 0.228. The Bertz CT molecular complexity index is 474. The van der Waals surface area contributed by atoms with Gasteiger partial charge in [-0.2, -0.15) is 0 Å². The Kier molecular flexibility index (Phi) is 5.02. The Labute approximate surface area is 99.8 Å². The summed E-state index contributed by atoms with van der Waals surface area (Å²) in [4.78, 5) is -0.573. The van der Waals surface area contributed by atoms with Gasteiger partial charge in [0.15, 0.2) is 9.84 Å². The summed E-state index contributed by atoms with van der Waals surface area (Å²) in [5.74, 6) is -1.92. The van der Waals surface area contributed by atoms with Crippen LogP contribution in [0.5, 0.6) is 0 Å². The molecule has 17 heavy (non-hydrogen) atoms. The van der Waals surface area contributed by atoms with Gasteiger partial charge in [0.05, 0.1) is 5.75 Å². The highest BCUT2D eigenvalue weighted by Gasteiger charge is 2.19. The molecule has 6 heteroatoms. The van der Waals surface area contributed by atoms with Crippen LogP contribution in [0.2, 0.25) is 0 Å². The van der Waals surface area contributed by atoms with Crippen LogP contribution in [0.1, 0.15) is 13.3 Å². The van der Waals surface area contributed by atoms with E-state index in [-0.39, 0.29) is 12.3 Å². The van der Waals surface area contributed by atoms with Crippen LogP contribution in [0.15, 0.2) is 23.1 Å². The van der Waals surface area contributed by atoms with Crippen molar-refractivity contribution in [1.29, 1.82) is 0 Å². The molecule has 0 aliphatic carbocycles. The van der Waals surface area contributed by atoms with Gasteiger partial charge in [0.2, 0.25) is 0 Å². The molecule has 0 aliphatic heterocycles. The predicted octanol–water partition coefficient (Wildman–Crippen LogP) is 1.74. The third kappa shape index (κ3) is 4.05. The molecule has 0 amide bonds. The van der Waals surface area contributed by atoms with Crippen molar-refractivity contribution in [3.8, 4) is 0 Å². The van der Waals surface area contributed by atoms with Gasteiger partial charge >= 0.3 is 0 Å². The van der Waals surface area contributed by atoms with Crippen molar-refractivity contribution in [1.82, 2.24) is 5.32 Å². The first-order valence-corrected chi connectivity index (χ1v) is 7.01. The summed E-state index contributed by atoms with van der Waals surface area (Å²) in [6.07, 6.45) is 0.883. The third-order valence-corrected chi connectivity index (χ3v) is 3.93. The highest BCUT2D eigenvalue weighted by molar-refractivity contribution is 7.91. The minimum Gasteiger partial charge on any atom is -0.316 e. The Balaban J connectivity index is 2.79. The lowest BCUT2D eigenvalue weighted by Gasteiger charge is -2.06. The summed E-state index contributed by atoms with van der Waals surface area (Å²) >= 11 is 0. The zero-order chi connectivity index (χ0) is 12.9. The van der Waals surface area contributed by atoms with E-state index in [0.717, 1.165) is 18.6 Å². The van der Waals surface area contributed by atoms with Gasteiger partial charge in [-0.05, 0) is 31.2 Å². The molecule has 0 saturated heterocycles. The minimum atomic E-state index is -3.77. The number of benzene rings is 1. The zero-order valence-electron chi connectivity index (χ0n) is 9.54. The van der Waals surface area contributed by atoms with Crippen LogP contribution in [0.3, 0.4) is 0 Å². The summed E-state index contributed by atoms with van der Waals surface area (Å²) in [6.45, 7) is 2.88. The number of rotatable bonds is 6. The third-order valence-electron chi connectivity index (χ3n) is 2.20. The topological polar surface area (TPSA) is 46.2 Å². The van der Waals surface area contributed by atoms with Gasteiger partial charge in [0.1, 0.15) is 16.5 Å². The fourth-order valence-corrected chi connectivity index (χ4v) is 2.62. The second kappa shape index (κ2) is 6.07. The zero-order valence-corrected chi connectivity index (χ0v) is 10.4. The molecule has 0 saturated carbocycles. The molecule has 0 radical (unpaired) electrons. The molecule has 0 atom stereocenters. The number of halogens is 2. The highest BCUT2D eigenvalue weighted by atomic mass is 32.2. The van der Waals surface area contributed by atoms with Crippen LogP contribution in [-0.4, -0.2) is 27.3 Å². The second-order valence-electron chi connectivity index (χ2n) is 3.64. The van der Waals surface area contributed by atoms with Crippen LogP contribution >= 0.6 is 0 Å². The van der Waals surface area contributed by atoms with Crippen molar-refractivity contribution in [2.24, 2.45) is 0 Å². The lowest BCUT2D eigenvalue weighted by Crippen LogP contribution is -2.24. The summed E-state index contributed by atoms with van der Waals surface area (Å²) in [5.41, 5.74) is 0. The van der Waals surface area contributed by atoms with Crippen molar-refractivity contribution in [2.45, 2.75) is 18.2 Å². The second-order valence-corrected chi connectivity index (χ2v) is 5.72. The Morgan fingerprint density at radius 3 is 2.59 bits per heavy atom. The smallest absolute Gasteiger partial charge is 0.182 e. The van der Waals surface area contributed by atoms with Gasteiger partial charge < -0.3 is 5.32 Å². The molecule has 1 N–H and O–H groups in total. The Morgan fingerprint density at radius 2 is 1.94 bits per heavy atom. The lowest BCUT2D eigenvalue weighted by molar-refractivity contribution is 0.551. The van der Waals surface area contributed by atoms with Gasteiger partial charge in [-0.1, -0.05) is 6.92 Å². The standard InChI is InChI=1S/C11H15F2NO2S/c1-2-5-14-6-7-17(15,16)11-8-9(12)3-4-10(11)13/h3-4,8,14H,2,5-7H2,1H3. The SMILES string of the molecule is CCCNCCS(=O)(=O)c1cc(F)ccc1F. The van der Waals surface area contributed by atoms with E-state index in [2.05, 4.69) is 5.32 Å². The van der Waals surface area contributed by atoms with Crippen LogP contribution in [0.25, 0.3) is 0 Å². The predicted molar refractivity (Wildman–Crippen MR) is 61.6 cm³/mol. The maximum absolute atomic E-state index is 13.3. The average Bonchev–Trinajstić information content (AvgIpc) is 2.28. The van der Waals surface area contributed by atoms with Gasteiger partial charge in [-0.15, -0.1) is 0 Å². The van der Waals surface area contributed by atoms with Crippen LogP contribution in [0, 0.1) is 11.6 Å². The number of sulfone groups is 1. The van der Waals surface area contributed by atoms with E-state index < -0.39 is 26.4 Å². The van der Waals surface area contributed by atoms with Gasteiger partial charge in [0, 0.05) is 6.54 Å². The molecule has 0 spiro atoms. The van der Waals surface area contributed by atoms with E-state index >= 15 is 0 Å². The van der Waals surface area contributed by atoms with Crippen LogP contribution < -0.4 is 5.32 Å². The monoisotopic (exact) mass is 263 g/mol. The maximum Gasteiger partial charge on any atom is 0.182 e. The molecule has 1 aromatic rings. The molecule has 96 valence electrons. The van der Waals surface area contributed by atoms with Gasteiger partial charge in [0.25, 0.3) is 0 Å². The molecule has 0 fully saturated rings. The fraction of sp³-hybridized carbons (Fsp3) is 0.455. The summed E-state index contributed by atoms with van der Waals surface area (Å²) in [5, 5.41) is 2.90. The van der Waals surface area contributed by atoms with Crippen molar-refractivity contribution in [3.05, 3.63) is 29.8 Å². The number of nitrogens with one attached hydrogen (secondary N) is 1. The van der Waals surface area contributed by atoms with Crippen LogP contribution in [-0.2, 0) is 9.84 Å². The van der Waals surface area contributed by atoms with Gasteiger partial charge in [-0.3, -0.25) is 0 Å². The first kappa shape index (κ1) is 14.1. The molecule has 0 aliphatic rings. The largest absolute Gasteiger partial charge is 0.316 e. The molecule has 0 unspecified atom stereocenters. The molecule has 0 aromatic heterocycles. The molecule has 1 aromatic carbocycles. The Morgan fingerprint density at radius 1 is 1.24 bits per heavy atom. The van der Waals surface area contributed by atoms with E-state index in [4.69, 9.17) is 0 Å². The quantitative estimate of drug-likeness (QED) is 0.795.